The van der Waals surface area contributed by atoms with Crippen LogP contribution < -0.4 is 5.32 Å². The van der Waals surface area contributed by atoms with Crippen molar-refractivity contribution < 1.29 is 0 Å². The van der Waals surface area contributed by atoms with Gasteiger partial charge in [-0.25, -0.2) is 0 Å². The van der Waals surface area contributed by atoms with Crippen LogP contribution in [0.25, 0.3) is 0 Å². The van der Waals surface area contributed by atoms with E-state index >= 15 is 0 Å². The van der Waals surface area contributed by atoms with Crippen LogP contribution in [0.4, 0.5) is 0 Å². The van der Waals surface area contributed by atoms with E-state index in [9.17, 15) is 0 Å². The van der Waals surface area contributed by atoms with Crippen molar-refractivity contribution in [3.63, 3.8) is 0 Å². The summed E-state index contributed by atoms with van der Waals surface area (Å²) in [6.45, 7) is 5.46. The van der Waals surface area contributed by atoms with Crippen LogP contribution in [0.1, 0.15) is 26.2 Å². The van der Waals surface area contributed by atoms with Gasteiger partial charge in [0.2, 0.25) is 0 Å². The molecule has 2 atom stereocenters. The molecule has 0 radical (unpaired) electrons. The van der Waals surface area contributed by atoms with Crippen molar-refractivity contribution in [3.8, 4) is 6.07 Å². The van der Waals surface area contributed by atoms with Crippen LogP contribution in [-0.4, -0.2) is 36.6 Å². The van der Waals surface area contributed by atoms with E-state index in [0.29, 0.717) is 0 Å². The fourth-order valence-electron chi connectivity index (χ4n) is 2.19. The van der Waals surface area contributed by atoms with E-state index in [-0.39, 0.29) is 6.04 Å². The summed E-state index contributed by atoms with van der Waals surface area (Å²) in [5, 5.41) is 11.9. The molecule has 0 spiro atoms. The van der Waals surface area contributed by atoms with Gasteiger partial charge in [-0.2, -0.15) is 5.26 Å². The molecule has 1 aliphatic carbocycles. The van der Waals surface area contributed by atoms with E-state index < -0.39 is 0 Å². The molecule has 0 aromatic carbocycles. The predicted molar refractivity (Wildman–Crippen MR) is 55.8 cm³/mol. The second kappa shape index (κ2) is 4.29. The Labute approximate surface area is 86.1 Å². The minimum Gasteiger partial charge on any atom is -0.302 e. The fraction of sp³-hybridized carbons (Fsp3) is 0.909. The first-order chi connectivity index (χ1) is 6.79. The molecule has 1 aliphatic heterocycles. The normalized spacial score (nSPS) is 30.1. The van der Waals surface area contributed by atoms with Gasteiger partial charge in [-0.15, -0.1) is 0 Å². The molecule has 2 aliphatic rings. The van der Waals surface area contributed by atoms with E-state index in [2.05, 4.69) is 16.3 Å². The van der Waals surface area contributed by atoms with Crippen molar-refractivity contribution in [3.05, 3.63) is 0 Å². The first-order valence-corrected chi connectivity index (χ1v) is 5.66. The Kier molecular flexibility index (Phi) is 3.05. The van der Waals surface area contributed by atoms with Crippen molar-refractivity contribution >= 4 is 0 Å². The summed E-state index contributed by atoms with van der Waals surface area (Å²) >= 11 is 0. The van der Waals surface area contributed by atoms with Gasteiger partial charge < -0.3 is 10.2 Å². The van der Waals surface area contributed by atoms with E-state index in [0.717, 1.165) is 18.5 Å². The zero-order valence-corrected chi connectivity index (χ0v) is 8.87. The topological polar surface area (TPSA) is 39.1 Å². The Balaban J connectivity index is 1.66. The van der Waals surface area contributed by atoms with E-state index in [1.807, 2.05) is 6.92 Å². The van der Waals surface area contributed by atoms with Gasteiger partial charge in [0.15, 0.2) is 0 Å². The lowest BCUT2D eigenvalue weighted by Crippen LogP contribution is -2.32. The van der Waals surface area contributed by atoms with Crippen molar-refractivity contribution in [1.29, 1.82) is 5.26 Å². The zero-order valence-electron chi connectivity index (χ0n) is 8.87. The molecule has 2 rings (SSSR count). The molecule has 14 heavy (non-hydrogen) atoms. The van der Waals surface area contributed by atoms with Crippen LogP contribution in [0.5, 0.6) is 0 Å². The maximum absolute atomic E-state index is 8.64. The molecular formula is C11H19N3. The molecule has 1 saturated carbocycles. The quantitative estimate of drug-likeness (QED) is 0.723. The summed E-state index contributed by atoms with van der Waals surface area (Å²) in [5.74, 6) is 0.770. The summed E-state index contributed by atoms with van der Waals surface area (Å²) in [5.41, 5.74) is 0. The second-order valence-electron chi connectivity index (χ2n) is 4.64. The van der Waals surface area contributed by atoms with Crippen molar-refractivity contribution in [2.24, 2.45) is 5.92 Å². The summed E-state index contributed by atoms with van der Waals surface area (Å²) < 4.78 is 0. The largest absolute Gasteiger partial charge is 0.302 e. The van der Waals surface area contributed by atoms with Crippen molar-refractivity contribution in [2.45, 2.75) is 38.3 Å². The van der Waals surface area contributed by atoms with Gasteiger partial charge in [-0.05, 0) is 38.6 Å². The molecule has 0 amide bonds. The van der Waals surface area contributed by atoms with Gasteiger partial charge in [-0.3, -0.25) is 0 Å². The number of rotatable bonds is 4. The Morgan fingerprint density at radius 1 is 1.50 bits per heavy atom. The molecule has 78 valence electrons. The van der Waals surface area contributed by atoms with Gasteiger partial charge in [0.25, 0.3) is 0 Å². The van der Waals surface area contributed by atoms with E-state index in [4.69, 9.17) is 5.26 Å². The molecule has 0 bridgehead atoms. The van der Waals surface area contributed by atoms with Crippen LogP contribution in [-0.2, 0) is 0 Å². The Morgan fingerprint density at radius 2 is 2.29 bits per heavy atom. The predicted octanol–water partition coefficient (Wildman–Crippen LogP) is 0.972. The standard InChI is InChI=1S/C11H19N3/c1-9(6-12)13-7-10-4-5-14(8-10)11-2-3-11/h9-11,13H,2-5,7-8H2,1H3. The third-order valence-corrected chi connectivity index (χ3v) is 3.29. The van der Waals surface area contributed by atoms with Crippen LogP contribution in [0.15, 0.2) is 0 Å². The number of nitrogens with zero attached hydrogens (tertiary/aromatic N) is 2. The Morgan fingerprint density at radius 3 is 2.93 bits per heavy atom. The molecule has 2 fully saturated rings. The molecule has 3 heteroatoms. The van der Waals surface area contributed by atoms with Crippen molar-refractivity contribution in [2.75, 3.05) is 19.6 Å². The summed E-state index contributed by atoms with van der Waals surface area (Å²) in [6, 6.07) is 3.13. The fourth-order valence-corrected chi connectivity index (χ4v) is 2.19. The first kappa shape index (κ1) is 9.95. The Hall–Kier alpha value is -0.590. The lowest BCUT2D eigenvalue weighted by atomic mass is 10.1. The second-order valence-corrected chi connectivity index (χ2v) is 4.64. The number of hydrogen-bond donors (Lipinski definition) is 1. The minimum absolute atomic E-state index is 0.00461. The van der Waals surface area contributed by atoms with Crippen molar-refractivity contribution in [1.82, 2.24) is 10.2 Å². The van der Waals surface area contributed by atoms with Gasteiger partial charge in [0.1, 0.15) is 0 Å². The lowest BCUT2D eigenvalue weighted by molar-refractivity contribution is 0.311. The molecule has 1 N–H and O–H groups in total. The molecule has 1 heterocycles. The lowest BCUT2D eigenvalue weighted by Gasteiger charge is -2.15. The first-order valence-electron chi connectivity index (χ1n) is 5.66. The molecule has 1 saturated heterocycles. The van der Waals surface area contributed by atoms with Crippen LogP contribution in [0, 0.1) is 17.2 Å². The molecule has 2 unspecified atom stereocenters. The van der Waals surface area contributed by atoms with Crippen LogP contribution >= 0.6 is 0 Å². The highest BCUT2D eigenvalue weighted by Gasteiger charge is 2.34. The molecule has 0 aromatic rings. The van der Waals surface area contributed by atoms with Gasteiger partial charge in [0, 0.05) is 19.1 Å². The average Bonchev–Trinajstić information content (AvgIpc) is 2.95. The molecule has 3 nitrogen and oxygen atoms in total. The maximum atomic E-state index is 8.64. The highest BCUT2D eigenvalue weighted by Crippen LogP contribution is 2.31. The Bertz CT molecular complexity index is 229. The molecule has 0 aromatic heterocycles. The van der Waals surface area contributed by atoms with Gasteiger partial charge in [0.05, 0.1) is 12.1 Å². The summed E-state index contributed by atoms with van der Waals surface area (Å²) in [7, 11) is 0. The number of nitrogens with one attached hydrogen (secondary N) is 1. The SMILES string of the molecule is CC(C#N)NCC1CCN(C2CC2)C1. The maximum Gasteiger partial charge on any atom is 0.0924 e. The summed E-state index contributed by atoms with van der Waals surface area (Å²) in [6.07, 6.45) is 4.13. The smallest absolute Gasteiger partial charge is 0.0924 e. The van der Waals surface area contributed by atoms with Gasteiger partial charge in [-0.1, -0.05) is 0 Å². The van der Waals surface area contributed by atoms with E-state index in [1.54, 1.807) is 0 Å². The molecular weight excluding hydrogens is 174 g/mol. The minimum atomic E-state index is 0.00461. The highest BCUT2D eigenvalue weighted by atomic mass is 15.2. The highest BCUT2D eigenvalue weighted by molar-refractivity contribution is 4.91. The number of hydrogen-bond acceptors (Lipinski definition) is 3. The van der Waals surface area contributed by atoms with Crippen LogP contribution in [0.3, 0.4) is 0 Å². The van der Waals surface area contributed by atoms with E-state index in [1.165, 1.54) is 32.4 Å². The average molecular weight is 193 g/mol. The third-order valence-electron chi connectivity index (χ3n) is 3.29. The van der Waals surface area contributed by atoms with Gasteiger partial charge >= 0.3 is 0 Å². The number of nitriles is 1. The zero-order chi connectivity index (χ0) is 9.97. The monoisotopic (exact) mass is 193 g/mol. The summed E-state index contributed by atoms with van der Waals surface area (Å²) in [4.78, 5) is 2.61. The van der Waals surface area contributed by atoms with Crippen LogP contribution in [0.2, 0.25) is 0 Å². The third kappa shape index (κ3) is 2.46. The number of likely N-dealkylation sites (tertiary alicyclic amines) is 1.